The number of hydrogen-bond donors (Lipinski definition) is 1. The Kier molecular flexibility index (Phi) is 4.83. The highest BCUT2D eigenvalue weighted by atomic mass is 14.9. The van der Waals surface area contributed by atoms with Crippen LogP contribution in [0.25, 0.3) is 0 Å². The van der Waals surface area contributed by atoms with Crippen molar-refractivity contribution in [3.8, 4) is 6.07 Å². The quantitative estimate of drug-likeness (QED) is 0.756. The Balaban J connectivity index is 1.83. The van der Waals surface area contributed by atoms with Crippen LogP contribution in [-0.2, 0) is 6.54 Å². The van der Waals surface area contributed by atoms with Crippen LogP contribution in [0, 0.1) is 11.3 Å². The van der Waals surface area contributed by atoms with Crippen molar-refractivity contribution in [2.24, 2.45) is 0 Å². The van der Waals surface area contributed by atoms with Gasteiger partial charge in [-0.05, 0) is 28.8 Å². The van der Waals surface area contributed by atoms with Crippen molar-refractivity contribution in [1.82, 2.24) is 5.32 Å². The van der Waals surface area contributed by atoms with Crippen LogP contribution in [0.15, 0.2) is 84.9 Å². The number of nitrogens with one attached hydrogen (secondary N) is 1. The lowest BCUT2D eigenvalue weighted by molar-refractivity contribution is 0.605. The van der Waals surface area contributed by atoms with Gasteiger partial charge >= 0.3 is 0 Å². The van der Waals surface area contributed by atoms with Crippen LogP contribution >= 0.6 is 0 Å². The van der Waals surface area contributed by atoms with E-state index in [0.717, 1.165) is 5.56 Å². The van der Waals surface area contributed by atoms with Gasteiger partial charge in [0.1, 0.15) is 0 Å². The number of nitriles is 1. The average Bonchev–Trinajstić information content (AvgIpc) is 2.64. The smallest absolute Gasteiger partial charge is 0.0991 e. The fourth-order valence-electron chi connectivity index (χ4n) is 2.69. The predicted molar refractivity (Wildman–Crippen MR) is 92.7 cm³/mol. The first-order valence-electron chi connectivity index (χ1n) is 7.69. The molecule has 0 amide bonds. The summed E-state index contributed by atoms with van der Waals surface area (Å²) >= 11 is 0. The Morgan fingerprint density at radius 2 is 1.39 bits per heavy atom. The molecule has 0 saturated carbocycles. The van der Waals surface area contributed by atoms with E-state index in [1.54, 1.807) is 0 Å². The molecule has 3 aromatic carbocycles. The van der Waals surface area contributed by atoms with Crippen LogP contribution in [-0.4, -0.2) is 0 Å². The summed E-state index contributed by atoms with van der Waals surface area (Å²) in [6.45, 7) is 0.712. The lowest BCUT2D eigenvalue weighted by Crippen LogP contribution is -2.22. The van der Waals surface area contributed by atoms with Gasteiger partial charge in [0.15, 0.2) is 0 Å². The topological polar surface area (TPSA) is 35.8 Å². The molecule has 2 nitrogen and oxygen atoms in total. The van der Waals surface area contributed by atoms with Gasteiger partial charge in [-0.1, -0.05) is 72.8 Å². The summed E-state index contributed by atoms with van der Waals surface area (Å²) in [4.78, 5) is 0. The summed E-state index contributed by atoms with van der Waals surface area (Å²) < 4.78 is 0. The van der Waals surface area contributed by atoms with Crippen molar-refractivity contribution in [2.75, 3.05) is 0 Å². The number of nitrogens with zero attached hydrogens (tertiary/aromatic N) is 1. The molecule has 0 unspecified atom stereocenters. The van der Waals surface area contributed by atoms with Crippen molar-refractivity contribution in [3.05, 3.63) is 107 Å². The highest BCUT2D eigenvalue weighted by molar-refractivity contribution is 5.34. The monoisotopic (exact) mass is 298 g/mol. The molecule has 0 radical (unpaired) electrons. The van der Waals surface area contributed by atoms with Crippen LogP contribution in [0.1, 0.15) is 28.3 Å². The number of benzene rings is 3. The standard InChI is InChI=1S/C21H18N2/c22-15-17-8-7-9-18(14-17)16-23-21(19-10-3-1-4-11-19)20-12-5-2-6-13-20/h1-14,21,23H,16H2. The molecule has 0 bridgehead atoms. The molecule has 112 valence electrons. The van der Waals surface area contributed by atoms with Crippen LogP contribution in [0.5, 0.6) is 0 Å². The van der Waals surface area contributed by atoms with Crippen molar-refractivity contribution < 1.29 is 0 Å². The van der Waals surface area contributed by atoms with Gasteiger partial charge in [0.2, 0.25) is 0 Å². The Morgan fingerprint density at radius 3 is 1.96 bits per heavy atom. The van der Waals surface area contributed by atoms with Gasteiger partial charge in [0, 0.05) is 6.54 Å². The molecule has 0 aliphatic rings. The summed E-state index contributed by atoms with van der Waals surface area (Å²) in [5, 5.41) is 12.6. The second-order valence-electron chi connectivity index (χ2n) is 5.45. The molecule has 0 saturated heterocycles. The van der Waals surface area contributed by atoms with Crippen molar-refractivity contribution >= 4 is 0 Å². The summed E-state index contributed by atoms with van der Waals surface area (Å²) in [6, 6.07) is 30.9. The Labute approximate surface area is 137 Å². The normalized spacial score (nSPS) is 10.4. The number of rotatable bonds is 5. The predicted octanol–water partition coefficient (Wildman–Crippen LogP) is 4.44. The maximum atomic E-state index is 9.03. The molecule has 0 aliphatic heterocycles. The molecule has 2 heteroatoms. The molecule has 3 rings (SSSR count). The molecular weight excluding hydrogens is 280 g/mol. The summed E-state index contributed by atoms with van der Waals surface area (Å²) in [5.74, 6) is 0. The molecule has 0 heterocycles. The van der Waals surface area contributed by atoms with Gasteiger partial charge in [0.05, 0.1) is 17.7 Å². The molecule has 0 atom stereocenters. The van der Waals surface area contributed by atoms with Crippen LogP contribution in [0.4, 0.5) is 0 Å². The van der Waals surface area contributed by atoms with Crippen LogP contribution < -0.4 is 5.32 Å². The number of hydrogen-bond acceptors (Lipinski definition) is 2. The maximum absolute atomic E-state index is 9.03. The SMILES string of the molecule is N#Cc1cccc(CNC(c2ccccc2)c2ccccc2)c1. The first-order chi connectivity index (χ1) is 11.4. The minimum Gasteiger partial charge on any atom is -0.302 e. The van der Waals surface area contributed by atoms with Crippen LogP contribution in [0.2, 0.25) is 0 Å². The lowest BCUT2D eigenvalue weighted by atomic mass is 9.98. The molecule has 0 aromatic heterocycles. The molecule has 0 fully saturated rings. The Morgan fingerprint density at radius 1 is 0.783 bits per heavy atom. The third kappa shape index (κ3) is 3.85. The summed E-state index contributed by atoms with van der Waals surface area (Å²) in [6.07, 6.45) is 0. The first-order valence-corrected chi connectivity index (χ1v) is 7.69. The van der Waals surface area contributed by atoms with Crippen molar-refractivity contribution in [1.29, 1.82) is 5.26 Å². The maximum Gasteiger partial charge on any atom is 0.0991 e. The average molecular weight is 298 g/mol. The summed E-state index contributed by atoms with van der Waals surface area (Å²) in [7, 11) is 0. The van der Waals surface area contributed by atoms with E-state index in [2.05, 4.69) is 59.9 Å². The van der Waals surface area contributed by atoms with Gasteiger partial charge in [0.25, 0.3) is 0 Å². The summed E-state index contributed by atoms with van der Waals surface area (Å²) in [5.41, 5.74) is 4.27. The molecular formula is C21H18N2. The van der Waals surface area contributed by atoms with E-state index < -0.39 is 0 Å². The zero-order valence-corrected chi connectivity index (χ0v) is 12.8. The zero-order valence-electron chi connectivity index (χ0n) is 12.8. The Bertz CT molecular complexity index is 749. The lowest BCUT2D eigenvalue weighted by Gasteiger charge is -2.20. The second kappa shape index (κ2) is 7.40. The van der Waals surface area contributed by atoms with Gasteiger partial charge in [-0.25, -0.2) is 0 Å². The molecule has 1 N–H and O–H groups in total. The van der Waals surface area contributed by atoms with Gasteiger partial charge in [-0.2, -0.15) is 5.26 Å². The largest absolute Gasteiger partial charge is 0.302 e. The Hall–Kier alpha value is -2.89. The molecule has 23 heavy (non-hydrogen) atoms. The van der Waals surface area contributed by atoms with E-state index in [9.17, 15) is 0 Å². The van der Waals surface area contributed by atoms with E-state index in [4.69, 9.17) is 5.26 Å². The zero-order chi connectivity index (χ0) is 15.9. The molecule has 3 aromatic rings. The van der Waals surface area contributed by atoms with E-state index >= 15 is 0 Å². The fraction of sp³-hybridized carbons (Fsp3) is 0.0952. The van der Waals surface area contributed by atoms with E-state index in [1.807, 2.05) is 36.4 Å². The molecule has 0 aliphatic carbocycles. The van der Waals surface area contributed by atoms with Crippen molar-refractivity contribution in [2.45, 2.75) is 12.6 Å². The van der Waals surface area contributed by atoms with E-state index in [0.29, 0.717) is 12.1 Å². The minimum atomic E-state index is 0.128. The van der Waals surface area contributed by atoms with Gasteiger partial charge in [-0.15, -0.1) is 0 Å². The third-order valence-corrected chi connectivity index (χ3v) is 3.83. The molecule has 0 spiro atoms. The van der Waals surface area contributed by atoms with Crippen molar-refractivity contribution in [3.63, 3.8) is 0 Å². The first kappa shape index (κ1) is 15.0. The van der Waals surface area contributed by atoms with Crippen LogP contribution in [0.3, 0.4) is 0 Å². The fourth-order valence-corrected chi connectivity index (χ4v) is 2.69. The minimum absolute atomic E-state index is 0.128. The van der Waals surface area contributed by atoms with Gasteiger partial charge in [-0.3, -0.25) is 0 Å². The third-order valence-electron chi connectivity index (χ3n) is 3.83. The highest BCUT2D eigenvalue weighted by Crippen LogP contribution is 2.22. The second-order valence-corrected chi connectivity index (χ2v) is 5.45. The van der Waals surface area contributed by atoms with Gasteiger partial charge < -0.3 is 5.32 Å². The highest BCUT2D eigenvalue weighted by Gasteiger charge is 2.12. The van der Waals surface area contributed by atoms with E-state index in [1.165, 1.54) is 11.1 Å². The van der Waals surface area contributed by atoms with E-state index in [-0.39, 0.29) is 6.04 Å².